The van der Waals surface area contributed by atoms with Gasteiger partial charge in [0.25, 0.3) is 0 Å². The van der Waals surface area contributed by atoms with Crippen LogP contribution in [0.4, 0.5) is 0 Å². The summed E-state index contributed by atoms with van der Waals surface area (Å²) in [5.41, 5.74) is 0. The number of halogens is 1. The number of rotatable bonds is 5. The molecule has 18 heavy (non-hydrogen) atoms. The number of pyridine rings is 1. The minimum absolute atomic E-state index is 0.239. The normalized spacial score (nSPS) is 12.6. The summed E-state index contributed by atoms with van der Waals surface area (Å²) in [6.07, 6.45) is 1.73. The second-order valence-corrected chi connectivity index (χ2v) is 11.5. The van der Waals surface area contributed by atoms with E-state index in [2.05, 4.69) is 54.8 Å². The van der Waals surface area contributed by atoms with Crippen LogP contribution in [0, 0.1) is 0 Å². The Morgan fingerprint density at radius 2 is 1.89 bits per heavy atom. The van der Waals surface area contributed by atoms with Gasteiger partial charge in [-0.15, -0.1) is 0 Å². The summed E-state index contributed by atoms with van der Waals surface area (Å²) < 4.78 is 12.5. The molecular weight excluding hydrogens is 310 g/mol. The Kier molecular flexibility index (Phi) is 5.37. The van der Waals surface area contributed by atoms with Crippen molar-refractivity contribution in [2.45, 2.75) is 38.9 Å². The van der Waals surface area contributed by atoms with Crippen LogP contribution in [-0.2, 0) is 4.43 Å². The summed E-state index contributed by atoms with van der Waals surface area (Å²) >= 11 is 3.34. The lowest BCUT2D eigenvalue weighted by Gasteiger charge is -2.36. The zero-order valence-corrected chi connectivity index (χ0v) is 14.4. The smallest absolute Gasteiger partial charge is 0.213 e. The van der Waals surface area contributed by atoms with Crippen molar-refractivity contribution in [2.75, 3.05) is 13.2 Å². The van der Waals surface area contributed by atoms with Crippen LogP contribution < -0.4 is 4.74 Å². The van der Waals surface area contributed by atoms with E-state index in [9.17, 15) is 0 Å². The summed E-state index contributed by atoms with van der Waals surface area (Å²) in [5, 5.41) is 0.239. The van der Waals surface area contributed by atoms with Crippen LogP contribution in [-0.4, -0.2) is 26.5 Å². The molecule has 102 valence electrons. The SMILES string of the molecule is CC(C)(C)[Si](C)(C)OCCOc1ccc(Br)cn1. The van der Waals surface area contributed by atoms with Crippen LogP contribution in [0.2, 0.25) is 18.1 Å². The Hall–Kier alpha value is -0.393. The molecule has 0 saturated carbocycles. The molecule has 0 saturated heterocycles. The van der Waals surface area contributed by atoms with Gasteiger partial charge in [-0.1, -0.05) is 20.8 Å². The van der Waals surface area contributed by atoms with Gasteiger partial charge < -0.3 is 9.16 Å². The predicted octanol–water partition coefficient (Wildman–Crippen LogP) is 4.24. The van der Waals surface area contributed by atoms with Gasteiger partial charge in [0.15, 0.2) is 8.32 Å². The molecule has 0 N–H and O–H groups in total. The van der Waals surface area contributed by atoms with Crippen LogP contribution in [0.5, 0.6) is 5.88 Å². The molecule has 0 aliphatic heterocycles. The summed E-state index contributed by atoms with van der Waals surface area (Å²) in [4.78, 5) is 4.15. The van der Waals surface area contributed by atoms with Crippen molar-refractivity contribution in [3.63, 3.8) is 0 Å². The van der Waals surface area contributed by atoms with Crippen LogP contribution >= 0.6 is 15.9 Å². The lowest BCUT2D eigenvalue weighted by atomic mass is 10.2. The Balaban J connectivity index is 2.33. The fourth-order valence-corrected chi connectivity index (χ4v) is 2.37. The minimum Gasteiger partial charge on any atom is -0.475 e. The standard InChI is InChI=1S/C13H22BrNO2Si/c1-13(2,3)18(4,5)17-9-8-16-12-7-6-11(14)10-15-12/h6-7,10H,8-9H2,1-5H3. The molecule has 1 heterocycles. The second-order valence-electron chi connectivity index (χ2n) is 5.77. The van der Waals surface area contributed by atoms with Gasteiger partial charge in [-0.2, -0.15) is 0 Å². The Labute approximate surface area is 119 Å². The fraction of sp³-hybridized carbons (Fsp3) is 0.615. The first-order valence-electron chi connectivity index (χ1n) is 6.11. The third kappa shape index (κ3) is 4.70. The van der Waals surface area contributed by atoms with Gasteiger partial charge in [0.2, 0.25) is 5.88 Å². The highest BCUT2D eigenvalue weighted by molar-refractivity contribution is 9.10. The van der Waals surface area contributed by atoms with Gasteiger partial charge in [-0.25, -0.2) is 4.98 Å². The van der Waals surface area contributed by atoms with Gasteiger partial charge in [0.1, 0.15) is 6.61 Å². The molecule has 0 fully saturated rings. The maximum Gasteiger partial charge on any atom is 0.213 e. The Morgan fingerprint density at radius 1 is 1.22 bits per heavy atom. The summed E-state index contributed by atoms with van der Waals surface area (Å²) in [7, 11) is -1.66. The largest absolute Gasteiger partial charge is 0.475 e. The molecule has 0 spiro atoms. The van der Waals surface area contributed by atoms with Gasteiger partial charge in [0, 0.05) is 16.7 Å². The van der Waals surface area contributed by atoms with Crippen LogP contribution in [0.1, 0.15) is 20.8 Å². The van der Waals surface area contributed by atoms with Gasteiger partial charge in [0.05, 0.1) is 6.61 Å². The zero-order chi connectivity index (χ0) is 13.8. The molecular formula is C13H22BrNO2Si. The first-order valence-corrected chi connectivity index (χ1v) is 9.81. The van der Waals surface area contributed by atoms with Crippen molar-refractivity contribution < 1.29 is 9.16 Å². The number of nitrogens with zero attached hydrogens (tertiary/aromatic N) is 1. The molecule has 0 aliphatic rings. The molecule has 0 amide bonds. The molecule has 1 aromatic rings. The molecule has 5 heteroatoms. The number of hydrogen-bond acceptors (Lipinski definition) is 3. The molecule has 1 rings (SSSR count). The summed E-state index contributed by atoms with van der Waals surface area (Å²) in [6, 6.07) is 3.76. The van der Waals surface area contributed by atoms with Crippen molar-refractivity contribution in [3.8, 4) is 5.88 Å². The van der Waals surface area contributed by atoms with Crippen molar-refractivity contribution in [1.29, 1.82) is 0 Å². The predicted molar refractivity (Wildman–Crippen MR) is 80.6 cm³/mol. The van der Waals surface area contributed by atoms with Gasteiger partial charge in [-0.3, -0.25) is 0 Å². The highest BCUT2D eigenvalue weighted by atomic mass is 79.9. The number of hydrogen-bond donors (Lipinski definition) is 0. The molecule has 1 aromatic heterocycles. The first kappa shape index (κ1) is 15.7. The molecule has 0 radical (unpaired) electrons. The third-order valence-corrected chi connectivity index (χ3v) is 8.31. The maximum absolute atomic E-state index is 6.02. The van der Waals surface area contributed by atoms with Crippen LogP contribution in [0.15, 0.2) is 22.8 Å². The van der Waals surface area contributed by atoms with Crippen LogP contribution in [0.25, 0.3) is 0 Å². The number of ether oxygens (including phenoxy) is 1. The van der Waals surface area contributed by atoms with E-state index in [1.807, 2.05) is 12.1 Å². The van der Waals surface area contributed by atoms with Crippen molar-refractivity contribution in [1.82, 2.24) is 4.98 Å². The zero-order valence-electron chi connectivity index (χ0n) is 11.8. The number of aromatic nitrogens is 1. The highest BCUT2D eigenvalue weighted by Gasteiger charge is 2.36. The molecule has 0 aromatic carbocycles. The molecule has 0 aliphatic carbocycles. The van der Waals surface area contributed by atoms with E-state index in [1.54, 1.807) is 6.20 Å². The average molecular weight is 332 g/mol. The monoisotopic (exact) mass is 331 g/mol. The summed E-state index contributed by atoms with van der Waals surface area (Å²) in [5.74, 6) is 0.636. The lowest BCUT2D eigenvalue weighted by molar-refractivity contribution is 0.199. The maximum atomic E-state index is 6.02. The van der Waals surface area contributed by atoms with E-state index < -0.39 is 8.32 Å². The van der Waals surface area contributed by atoms with Gasteiger partial charge in [-0.05, 0) is 40.1 Å². The van der Waals surface area contributed by atoms with Crippen LogP contribution in [0.3, 0.4) is 0 Å². The van der Waals surface area contributed by atoms with E-state index in [0.29, 0.717) is 19.1 Å². The van der Waals surface area contributed by atoms with Crippen molar-refractivity contribution in [3.05, 3.63) is 22.8 Å². The highest BCUT2D eigenvalue weighted by Crippen LogP contribution is 2.36. The van der Waals surface area contributed by atoms with Crippen molar-refractivity contribution in [2.24, 2.45) is 0 Å². The summed E-state index contributed by atoms with van der Waals surface area (Å²) in [6.45, 7) is 12.3. The third-order valence-electron chi connectivity index (χ3n) is 3.30. The Morgan fingerprint density at radius 3 is 2.39 bits per heavy atom. The van der Waals surface area contributed by atoms with E-state index in [4.69, 9.17) is 9.16 Å². The fourth-order valence-electron chi connectivity index (χ4n) is 1.11. The quantitative estimate of drug-likeness (QED) is 0.597. The van der Waals surface area contributed by atoms with E-state index in [1.165, 1.54) is 0 Å². The lowest BCUT2D eigenvalue weighted by Crippen LogP contribution is -2.41. The molecule has 3 nitrogen and oxygen atoms in total. The van der Waals surface area contributed by atoms with Gasteiger partial charge >= 0.3 is 0 Å². The Bertz CT molecular complexity index is 374. The van der Waals surface area contributed by atoms with E-state index in [0.717, 1.165) is 4.47 Å². The van der Waals surface area contributed by atoms with Crippen molar-refractivity contribution >= 4 is 24.2 Å². The topological polar surface area (TPSA) is 31.4 Å². The minimum atomic E-state index is -1.66. The van der Waals surface area contributed by atoms with E-state index >= 15 is 0 Å². The molecule has 0 bridgehead atoms. The van der Waals surface area contributed by atoms with E-state index in [-0.39, 0.29) is 5.04 Å². The second kappa shape index (κ2) is 6.17. The first-order chi connectivity index (χ1) is 8.22. The molecule has 0 atom stereocenters. The average Bonchev–Trinajstić information content (AvgIpc) is 2.25. The molecule has 0 unspecified atom stereocenters.